The monoisotopic (exact) mass is 1010 g/mol. The minimum Gasteiger partial charge on any atom is -0.489 e. The van der Waals surface area contributed by atoms with Crippen LogP contribution in [0, 0.1) is 0 Å². The Balaban J connectivity index is 0.000000157. The van der Waals surface area contributed by atoms with Crippen molar-refractivity contribution in [3.05, 3.63) is 141 Å². The maximum absolute atomic E-state index is 13.4. The van der Waals surface area contributed by atoms with Gasteiger partial charge >= 0.3 is 11.9 Å². The molecule has 0 atom stereocenters. The van der Waals surface area contributed by atoms with Crippen molar-refractivity contribution in [1.29, 1.82) is 0 Å². The van der Waals surface area contributed by atoms with Gasteiger partial charge in [0.05, 0.1) is 57.4 Å². The van der Waals surface area contributed by atoms with Gasteiger partial charge in [0.1, 0.15) is 47.6 Å². The topological polar surface area (TPSA) is 130 Å². The van der Waals surface area contributed by atoms with Crippen LogP contribution in [0.3, 0.4) is 0 Å². The number of nitrogens with zero attached hydrogens (tertiary/aromatic N) is 3. The number of carbonyl (C=O) groups is 4. The van der Waals surface area contributed by atoms with Crippen molar-refractivity contribution in [3.63, 3.8) is 0 Å². The van der Waals surface area contributed by atoms with Crippen LogP contribution >= 0.6 is 22.7 Å². The summed E-state index contributed by atoms with van der Waals surface area (Å²) in [4.78, 5) is 54.2. The summed E-state index contributed by atoms with van der Waals surface area (Å²) in [7, 11) is 4.65. The number of benzene rings is 4. The van der Waals surface area contributed by atoms with Gasteiger partial charge in [-0.2, -0.15) is 0 Å². The molecule has 12 nitrogen and oxygen atoms in total. The first-order chi connectivity index (χ1) is 35.7. The zero-order chi connectivity index (χ0) is 50.2. The highest BCUT2D eigenvalue weighted by atomic mass is 32.1. The Kier molecular flexibility index (Phi) is 13.7. The lowest BCUT2D eigenvalue weighted by Gasteiger charge is -2.24. The third-order valence-electron chi connectivity index (χ3n) is 14.9. The van der Waals surface area contributed by atoms with E-state index in [-0.39, 0.29) is 36.8 Å². The second-order valence-corrected chi connectivity index (χ2v) is 21.5. The van der Waals surface area contributed by atoms with Gasteiger partial charge in [0.15, 0.2) is 0 Å². The van der Waals surface area contributed by atoms with Crippen LogP contribution in [0.2, 0.25) is 0 Å². The molecule has 2 saturated carbocycles. The molecular weight excluding hydrogens is 957 g/mol. The Morgan fingerprint density at radius 2 is 1.07 bits per heavy atom. The molecule has 2 fully saturated rings. The highest BCUT2D eigenvalue weighted by molar-refractivity contribution is 7.21. The second-order valence-electron chi connectivity index (χ2n) is 19.4. The van der Waals surface area contributed by atoms with Crippen LogP contribution in [-0.4, -0.2) is 54.2 Å². The fraction of sp³-hybridized carbons (Fsp3) is 0.322. The Bertz CT molecular complexity index is 3380. The van der Waals surface area contributed by atoms with Crippen LogP contribution in [0.5, 0.6) is 11.5 Å². The minimum absolute atomic E-state index is 0.00174. The fourth-order valence-electron chi connectivity index (χ4n) is 11.3. The number of hydrogen-bond donors (Lipinski definition) is 1. The van der Waals surface area contributed by atoms with Gasteiger partial charge in [-0.1, -0.05) is 99.2 Å². The molecule has 73 heavy (non-hydrogen) atoms. The van der Waals surface area contributed by atoms with Crippen molar-refractivity contribution in [1.82, 2.24) is 9.13 Å². The smallest absolute Gasteiger partial charge is 0.348 e. The molecule has 4 aliphatic rings. The Hall–Kier alpha value is -7.16. The molecule has 4 aromatic heterocycles. The Labute approximate surface area is 432 Å². The van der Waals surface area contributed by atoms with Gasteiger partial charge in [-0.25, -0.2) is 9.59 Å². The molecule has 8 aromatic rings. The molecule has 374 valence electrons. The molecule has 1 N–H and O–H groups in total. The fourth-order valence-corrected chi connectivity index (χ4v) is 13.7. The van der Waals surface area contributed by atoms with E-state index < -0.39 is 0 Å². The van der Waals surface area contributed by atoms with E-state index >= 15 is 0 Å². The number of ether oxygens (including phenoxy) is 4. The van der Waals surface area contributed by atoms with E-state index in [4.69, 9.17) is 18.9 Å². The summed E-state index contributed by atoms with van der Waals surface area (Å²) in [5, 5.41) is 3.10. The summed E-state index contributed by atoms with van der Waals surface area (Å²) in [5.41, 5.74) is 12.4. The maximum atomic E-state index is 13.4. The van der Waals surface area contributed by atoms with Crippen molar-refractivity contribution in [3.8, 4) is 34.0 Å². The first-order valence-corrected chi connectivity index (χ1v) is 27.0. The summed E-state index contributed by atoms with van der Waals surface area (Å²) >= 11 is 2.97. The van der Waals surface area contributed by atoms with Gasteiger partial charge in [0, 0.05) is 30.3 Å². The number of likely N-dealkylation sites (N-methyl/N-ethyl adjacent to an activating group) is 1. The van der Waals surface area contributed by atoms with Gasteiger partial charge in [0.2, 0.25) is 11.8 Å². The highest BCUT2D eigenvalue weighted by Crippen LogP contribution is 2.52. The van der Waals surface area contributed by atoms with E-state index in [1.807, 2.05) is 104 Å². The molecule has 0 bridgehead atoms. The van der Waals surface area contributed by atoms with Crippen molar-refractivity contribution >= 4 is 78.2 Å². The average molecular weight is 1020 g/mol. The maximum Gasteiger partial charge on any atom is 0.348 e. The van der Waals surface area contributed by atoms with Gasteiger partial charge < -0.3 is 38.3 Å². The summed E-state index contributed by atoms with van der Waals surface area (Å²) in [6, 6.07) is 35.9. The standard InChI is InChI=1S/C30H30N2O4S.C29H28N2O4S/c1-31-23-15-21(36-18-19-9-5-3-6-10-19)13-14-22(23)28-27(20-11-7-4-8-12-20)29-24(32(28)17-26(31)33)16-25(37-29)30(34)35-2;1-34-29(33)24-15-23-28(36-24)26(19-10-6-3-7-11-19)27-21-13-12-20(35-17-18-8-4-2-5-9-18)14-22(21)30-25(32)16-31(23)27/h3,5-6,9-10,13-16,20H,4,7-8,11-12,17-18H2,1-2H3;2,4-5,8-9,12-15,19H,3,6-7,10-11,16-17H2,1H3,(H,30,32). The molecule has 0 spiro atoms. The number of rotatable bonds is 10. The Morgan fingerprint density at radius 1 is 0.589 bits per heavy atom. The minimum atomic E-state index is -0.334. The SMILES string of the molecule is COC(=O)c1cc2c(s1)c(C1CCCCC1)c1n2CC(=O)N(C)c2cc(OCc3ccccc3)ccc2-1.COC(=O)c1cc2c(s1)c(C1CCCCC1)c1n2CC(=O)Nc2cc(OCc3ccccc3)ccc2-1. The largest absolute Gasteiger partial charge is 0.489 e. The zero-order valence-electron chi connectivity index (χ0n) is 41.4. The summed E-state index contributed by atoms with van der Waals surface area (Å²) in [5.74, 6) is 1.49. The van der Waals surface area contributed by atoms with Crippen molar-refractivity contribution in [2.75, 3.05) is 31.5 Å². The van der Waals surface area contributed by atoms with E-state index in [9.17, 15) is 19.2 Å². The first-order valence-electron chi connectivity index (χ1n) is 25.3. The lowest BCUT2D eigenvalue weighted by molar-refractivity contribution is -0.119. The van der Waals surface area contributed by atoms with E-state index in [0.717, 1.165) is 96.9 Å². The zero-order valence-corrected chi connectivity index (χ0v) is 43.0. The van der Waals surface area contributed by atoms with Gasteiger partial charge in [-0.3, -0.25) is 9.59 Å². The molecule has 0 unspecified atom stereocenters. The number of esters is 2. The molecular formula is C59H58N4O8S2. The third kappa shape index (κ3) is 9.42. The van der Waals surface area contributed by atoms with Crippen molar-refractivity contribution in [2.45, 2.75) is 102 Å². The van der Waals surface area contributed by atoms with E-state index in [2.05, 4.69) is 26.6 Å². The Morgan fingerprint density at radius 3 is 1.59 bits per heavy atom. The number of nitrogens with one attached hydrogen (secondary N) is 1. The molecule has 12 rings (SSSR count). The normalized spacial score (nSPS) is 15.7. The number of amides is 2. The van der Waals surface area contributed by atoms with Crippen molar-refractivity contribution in [2.24, 2.45) is 0 Å². The number of anilines is 2. The second kappa shape index (κ2) is 20.8. The molecule has 14 heteroatoms. The molecule has 4 aromatic carbocycles. The molecule has 2 amide bonds. The third-order valence-corrected chi connectivity index (χ3v) is 17.2. The molecule has 2 aliphatic carbocycles. The number of methoxy groups -OCH3 is 2. The highest BCUT2D eigenvalue weighted by Gasteiger charge is 2.35. The van der Waals surface area contributed by atoms with Crippen LogP contribution in [0.1, 0.15) is 118 Å². The van der Waals surface area contributed by atoms with Crippen molar-refractivity contribution < 1.29 is 38.1 Å². The van der Waals surface area contributed by atoms with Gasteiger partial charge in [0.25, 0.3) is 0 Å². The summed E-state index contributed by atoms with van der Waals surface area (Å²) in [6.07, 6.45) is 11.8. The van der Waals surface area contributed by atoms with Crippen LogP contribution in [0.25, 0.3) is 42.9 Å². The molecule has 0 saturated heterocycles. The van der Waals surface area contributed by atoms with Crippen LogP contribution in [0.15, 0.2) is 109 Å². The van der Waals surface area contributed by atoms with E-state index in [0.29, 0.717) is 40.6 Å². The van der Waals surface area contributed by atoms with E-state index in [1.54, 1.807) is 4.90 Å². The quantitative estimate of drug-likeness (QED) is 0.134. The lowest BCUT2D eigenvalue weighted by atomic mass is 9.83. The molecule has 6 heterocycles. The lowest BCUT2D eigenvalue weighted by Crippen LogP contribution is -2.28. The number of thiophene rings is 2. The average Bonchev–Trinajstić information content (AvgIpc) is 4.17. The molecule has 2 aliphatic heterocycles. The predicted molar refractivity (Wildman–Crippen MR) is 288 cm³/mol. The van der Waals surface area contributed by atoms with E-state index in [1.165, 1.54) is 86.5 Å². The first kappa shape index (κ1) is 48.1. The number of fused-ring (bicyclic) bond motifs is 10. The predicted octanol–water partition coefficient (Wildman–Crippen LogP) is 13.5. The van der Waals surface area contributed by atoms with Crippen LogP contribution in [-0.2, 0) is 45.4 Å². The van der Waals surface area contributed by atoms with Crippen LogP contribution < -0.4 is 19.7 Å². The van der Waals surface area contributed by atoms with Gasteiger partial charge in [-0.05, 0) is 96.2 Å². The summed E-state index contributed by atoms with van der Waals surface area (Å²) in [6.45, 7) is 1.35. The van der Waals surface area contributed by atoms with Crippen LogP contribution in [0.4, 0.5) is 11.4 Å². The number of hydrogen-bond acceptors (Lipinski definition) is 10. The number of carbonyl (C=O) groups excluding carboxylic acids is 4. The molecule has 0 radical (unpaired) electrons. The summed E-state index contributed by atoms with van der Waals surface area (Å²) < 4.78 is 28.6. The number of aromatic nitrogens is 2. The van der Waals surface area contributed by atoms with Gasteiger partial charge in [-0.15, -0.1) is 22.7 Å².